The molecule has 3 aliphatic carbocycles. The van der Waals surface area contributed by atoms with Crippen molar-refractivity contribution in [2.45, 2.75) is 77.9 Å². The van der Waals surface area contributed by atoms with Gasteiger partial charge in [-0.2, -0.15) is 0 Å². The van der Waals surface area contributed by atoms with Gasteiger partial charge in [-0.15, -0.1) is 6.58 Å². The molecule has 1 aliphatic heterocycles. The van der Waals surface area contributed by atoms with Crippen LogP contribution in [0.4, 0.5) is 0 Å². The topological polar surface area (TPSA) is 21.7 Å². The molecule has 1 heterocycles. The van der Waals surface area contributed by atoms with Gasteiger partial charge in [0.2, 0.25) is 0 Å². The molecule has 0 aromatic rings. The number of allylic oxidation sites excluding steroid dienone is 4. The molecular formula is C26H41NO2. The summed E-state index contributed by atoms with van der Waals surface area (Å²) < 4.78 is 12.2. The molecule has 4 rings (SSSR count). The Kier molecular flexibility index (Phi) is 5.76. The molecule has 162 valence electrons. The Morgan fingerprint density at radius 1 is 1.17 bits per heavy atom. The van der Waals surface area contributed by atoms with Crippen molar-refractivity contribution in [2.24, 2.45) is 23.2 Å². The van der Waals surface area contributed by atoms with E-state index in [-0.39, 0.29) is 11.0 Å². The molecule has 1 saturated heterocycles. The molecule has 0 aromatic heterocycles. The smallest absolute Gasteiger partial charge is 0.0927 e. The summed E-state index contributed by atoms with van der Waals surface area (Å²) in [4.78, 5) is 2.82. The number of methoxy groups -OCH3 is 1. The van der Waals surface area contributed by atoms with Crippen LogP contribution < -0.4 is 0 Å². The van der Waals surface area contributed by atoms with E-state index in [1.54, 1.807) is 7.11 Å². The Labute approximate surface area is 178 Å². The molecule has 3 heteroatoms. The molecule has 3 unspecified atom stereocenters. The fourth-order valence-electron chi connectivity index (χ4n) is 7.03. The average Bonchev–Trinajstić information content (AvgIpc) is 3.47. The number of hydrogen-bond acceptors (Lipinski definition) is 3. The number of likely N-dealkylation sites (tertiary alicyclic amines) is 1. The van der Waals surface area contributed by atoms with Gasteiger partial charge in [-0.25, -0.2) is 0 Å². The van der Waals surface area contributed by atoms with Crippen LogP contribution in [0, 0.1) is 23.2 Å². The highest BCUT2D eigenvalue weighted by molar-refractivity contribution is 5.39. The van der Waals surface area contributed by atoms with Gasteiger partial charge in [0.25, 0.3) is 0 Å². The van der Waals surface area contributed by atoms with Gasteiger partial charge in [0.05, 0.1) is 25.1 Å². The SMILES string of the molecule is C=CCOC12CCC1C1[C@@H](C)N(CC3CC3)CC[C@]1(C(/C=C(\C)OC)=C(C)C)C2. The first-order valence-corrected chi connectivity index (χ1v) is 11.8. The molecular weight excluding hydrogens is 358 g/mol. The third-order valence-corrected chi connectivity index (χ3v) is 8.60. The van der Waals surface area contributed by atoms with Gasteiger partial charge in [-0.1, -0.05) is 11.6 Å². The molecule has 0 spiro atoms. The molecule has 3 nitrogen and oxygen atoms in total. The summed E-state index contributed by atoms with van der Waals surface area (Å²) in [6.45, 7) is 16.3. The van der Waals surface area contributed by atoms with Gasteiger partial charge < -0.3 is 14.4 Å². The zero-order valence-corrected chi connectivity index (χ0v) is 19.3. The summed E-state index contributed by atoms with van der Waals surface area (Å²) in [5, 5.41) is 0. The number of piperidine rings is 1. The van der Waals surface area contributed by atoms with Gasteiger partial charge in [0, 0.05) is 18.0 Å². The second kappa shape index (κ2) is 7.89. The second-order valence-electron chi connectivity index (χ2n) is 10.5. The summed E-state index contributed by atoms with van der Waals surface area (Å²) in [7, 11) is 1.79. The van der Waals surface area contributed by atoms with E-state index in [4.69, 9.17) is 9.47 Å². The number of fused-ring (bicyclic) bond motifs is 3. The maximum atomic E-state index is 6.58. The summed E-state index contributed by atoms with van der Waals surface area (Å²) in [5.74, 6) is 3.31. The molecule has 0 aromatic carbocycles. The van der Waals surface area contributed by atoms with Crippen LogP contribution in [-0.4, -0.2) is 43.3 Å². The van der Waals surface area contributed by atoms with E-state index in [0.717, 1.165) is 11.7 Å². The van der Waals surface area contributed by atoms with E-state index in [1.807, 2.05) is 6.08 Å². The van der Waals surface area contributed by atoms with Crippen LogP contribution >= 0.6 is 0 Å². The van der Waals surface area contributed by atoms with Gasteiger partial charge in [-0.05, 0) is 102 Å². The third-order valence-electron chi connectivity index (χ3n) is 8.60. The van der Waals surface area contributed by atoms with Crippen LogP contribution in [0.2, 0.25) is 0 Å². The Morgan fingerprint density at radius 2 is 1.93 bits per heavy atom. The largest absolute Gasteiger partial charge is 0.501 e. The molecule has 29 heavy (non-hydrogen) atoms. The summed E-state index contributed by atoms with van der Waals surface area (Å²) in [5.41, 5.74) is 3.23. The van der Waals surface area contributed by atoms with E-state index in [2.05, 4.69) is 45.2 Å². The Hall–Kier alpha value is -1.06. The minimum atomic E-state index is 0.0538. The first-order chi connectivity index (χ1) is 13.9. The van der Waals surface area contributed by atoms with Crippen molar-refractivity contribution in [2.75, 3.05) is 26.8 Å². The van der Waals surface area contributed by atoms with Crippen molar-refractivity contribution in [3.8, 4) is 0 Å². The summed E-state index contributed by atoms with van der Waals surface area (Å²) in [6, 6.07) is 0.620. The van der Waals surface area contributed by atoms with Crippen molar-refractivity contribution < 1.29 is 9.47 Å². The Bertz CT molecular complexity index is 701. The zero-order chi connectivity index (χ0) is 20.8. The molecule has 0 amide bonds. The minimum absolute atomic E-state index is 0.0538. The predicted octanol–water partition coefficient (Wildman–Crippen LogP) is 5.73. The standard InChI is InChI=1S/C26H41NO2/c1-7-14-29-26-11-10-22(26)24-20(5)27(16-21-8-9-21)13-12-25(24,17-26)23(18(2)3)15-19(4)28-6/h7,15,20-22,24H,1,8-14,16-17H2,2-6H3/b19-15+/t20-,22?,24?,25-,26?/m1/s1. The maximum Gasteiger partial charge on any atom is 0.0927 e. The highest BCUT2D eigenvalue weighted by Gasteiger charge is 2.69. The van der Waals surface area contributed by atoms with Crippen LogP contribution in [-0.2, 0) is 9.47 Å². The van der Waals surface area contributed by atoms with Gasteiger partial charge >= 0.3 is 0 Å². The van der Waals surface area contributed by atoms with Crippen LogP contribution in [0.5, 0.6) is 0 Å². The average molecular weight is 400 g/mol. The highest BCUT2D eigenvalue weighted by Crippen LogP contribution is 2.69. The lowest BCUT2D eigenvalue weighted by atomic mass is 9.60. The second-order valence-corrected chi connectivity index (χ2v) is 10.5. The number of nitrogens with zero attached hydrogens (tertiary/aromatic N) is 1. The minimum Gasteiger partial charge on any atom is -0.501 e. The molecule has 5 atom stereocenters. The Morgan fingerprint density at radius 3 is 2.48 bits per heavy atom. The first-order valence-electron chi connectivity index (χ1n) is 11.8. The number of hydrogen-bond donors (Lipinski definition) is 0. The van der Waals surface area contributed by atoms with E-state index >= 15 is 0 Å². The van der Waals surface area contributed by atoms with E-state index < -0.39 is 0 Å². The lowest BCUT2D eigenvalue weighted by Crippen LogP contribution is -2.55. The molecule has 4 aliphatic rings. The lowest BCUT2D eigenvalue weighted by molar-refractivity contribution is -0.133. The predicted molar refractivity (Wildman–Crippen MR) is 120 cm³/mol. The molecule has 0 N–H and O–H groups in total. The summed E-state index contributed by atoms with van der Waals surface area (Å²) >= 11 is 0. The van der Waals surface area contributed by atoms with Crippen molar-refractivity contribution in [3.63, 3.8) is 0 Å². The van der Waals surface area contributed by atoms with E-state index in [0.29, 0.717) is 24.5 Å². The van der Waals surface area contributed by atoms with Crippen LogP contribution in [0.25, 0.3) is 0 Å². The van der Waals surface area contributed by atoms with Gasteiger partial charge in [-0.3, -0.25) is 0 Å². The normalized spacial score (nSPS) is 39.3. The third kappa shape index (κ3) is 3.53. The number of rotatable bonds is 8. The van der Waals surface area contributed by atoms with Crippen LogP contribution in [0.3, 0.4) is 0 Å². The highest BCUT2D eigenvalue weighted by atomic mass is 16.5. The zero-order valence-electron chi connectivity index (χ0n) is 19.3. The van der Waals surface area contributed by atoms with Gasteiger partial charge in [0.15, 0.2) is 0 Å². The lowest BCUT2D eigenvalue weighted by Gasteiger charge is -2.53. The van der Waals surface area contributed by atoms with Crippen molar-refractivity contribution in [1.29, 1.82) is 0 Å². The van der Waals surface area contributed by atoms with Gasteiger partial charge in [0.1, 0.15) is 0 Å². The van der Waals surface area contributed by atoms with Crippen LogP contribution in [0.15, 0.2) is 35.6 Å². The monoisotopic (exact) mass is 399 g/mol. The number of ether oxygens (including phenoxy) is 2. The van der Waals surface area contributed by atoms with Crippen molar-refractivity contribution in [3.05, 3.63) is 35.6 Å². The molecule has 0 bridgehead atoms. The van der Waals surface area contributed by atoms with Crippen molar-refractivity contribution >= 4 is 0 Å². The maximum absolute atomic E-state index is 6.58. The molecule has 0 radical (unpaired) electrons. The first kappa shape index (κ1) is 21.2. The quantitative estimate of drug-likeness (QED) is 0.295. The Balaban J connectivity index is 1.74. The fourth-order valence-corrected chi connectivity index (χ4v) is 7.03. The summed E-state index contributed by atoms with van der Waals surface area (Å²) in [6.07, 6.45) is 12.1. The van der Waals surface area contributed by atoms with E-state index in [1.165, 1.54) is 62.8 Å². The molecule has 3 saturated carbocycles. The molecule has 4 fully saturated rings. The van der Waals surface area contributed by atoms with E-state index in [9.17, 15) is 0 Å². The fraction of sp³-hybridized carbons (Fsp3) is 0.769. The van der Waals surface area contributed by atoms with Crippen molar-refractivity contribution in [1.82, 2.24) is 4.90 Å². The van der Waals surface area contributed by atoms with Crippen LogP contribution in [0.1, 0.15) is 66.2 Å².